The number of ether oxygens (including phenoxy) is 1. The van der Waals surface area contributed by atoms with Gasteiger partial charge in [0.25, 0.3) is 0 Å². The predicted molar refractivity (Wildman–Crippen MR) is 145 cm³/mol. The zero-order chi connectivity index (χ0) is 26.2. The minimum Gasteiger partial charge on any atom is -0.452 e. The molecule has 1 fully saturated rings. The van der Waals surface area contributed by atoms with E-state index in [1.807, 2.05) is 66.9 Å². The number of benzene rings is 2. The third-order valence-corrected chi connectivity index (χ3v) is 7.90. The number of hydrogen-bond donors (Lipinski definition) is 2. The average Bonchev–Trinajstić information content (AvgIpc) is 3.61. The molecule has 1 aliphatic rings. The molecule has 0 spiro atoms. The number of nitrogens with zero attached hydrogens (tertiary/aromatic N) is 1. The van der Waals surface area contributed by atoms with Gasteiger partial charge in [-0.3, -0.25) is 9.59 Å². The fourth-order valence-corrected chi connectivity index (χ4v) is 5.88. The maximum Gasteiger partial charge on any atom is 0.309 e. The molecule has 0 radical (unpaired) electrons. The van der Waals surface area contributed by atoms with Crippen LogP contribution in [0.1, 0.15) is 81.8 Å². The van der Waals surface area contributed by atoms with Crippen molar-refractivity contribution in [2.45, 2.75) is 70.9 Å². The van der Waals surface area contributed by atoms with Gasteiger partial charge in [0.2, 0.25) is 5.91 Å². The Morgan fingerprint density at radius 1 is 1.00 bits per heavy atom. The monoisotopic (exact) mass is 501 g/mol. The lowest BCUT2D eigenvalue weighted by atomic mass is 9.82. The van der Waals surface area contributed by atoms with E-state index < -0.39 is 6.10 Å². The highest BCUT2D eigenvalue weighted by molar-refractivity contribution is 5.74. The molecule has 196 valence electrons. The molecule has 4 unspecified atom stereocenters. The van der Waals surface area contributed by atoms with Gasteiger partial charge in [0.05, 0.1) is 5.92 Å². The SMILES string of the molecule is CCC(CC)CC(NC(C)=O)C1CC(C(=O)OC(c2ccccc2)c2ccccc2)CC1c1ncc[nH]1. The van der Waals surface area contributed by atoms with Crippen LogP contribution in [0.5, 0.6) is 0 Å². The Hall–Kier alpha value is -3.41. The standard InChI is InChI=1S/C31H39N3O3/c1-4-22(5-2)18-28(34-21(3)35)26-19-25(20-27(26)30-32-16-17-33-30)31(36)37-29(23-12-8-6-9-13-23)24-14-10-7-11-15-24/h6-17,22,25-29H,4-5,18-20H2,1-3H3,(H,32,33)(H,34,35). The van der Waals surface area contributed by atoms with Crippen LogP contribution in [0.4, 0.5) is 0 Å². The molecule has 2 N–H and O–H groups in total. The summed E-state index contributed by atoms with van der Waals surface area (Å²) in [6, 6.07) is 19.8. The molecule has 1 heterocycles. The van der Waals surface area contributed by atoms with Gasteiger partial charge in [-0.2, -0.15) is 0 Å². The fourth-order valence-electron chi connectivity index (χ4n) is 5.88. The van der Waals surface area contributed by atoms with Crippen molar-refractivity contribution in [2.75, 3.05) is 0 Å². The molecule has 1 aliphatic carbocycles. The highest BCUT2D eigenvalue weighted by Gasteiger charge is 2.45. The predicted octanol–water partition coefficient (Wildman–Crippen LogP) is 6.18. The van der Waals surface area contributed by atoms with Crippen LogP contribution < -0.4 is 5.32 Å². The Morgan fingerprint density at radius 3 is 2.14 bits per heavy atom. The summed E-state index contributed by atoms with van der Waals surface area (Å²) >= 11 is 0. The van der Waals surface area contributed by atoms with E-state index in [0.717, 1.165) is 36.2 Å². The van der Waals surface area contributed by atoms with Crippen LogP contribution in [0, 0.1) is 17.8 Å². The number of carbonyl (C=O) groups is 2. The van der Waals surface area contributed by atoms with Gasteiger partial charge in [-0.1, -0.05) is 87.4 Å². The number of aromatic amines is 1. The molecule has 3 aromatic rings. The maximum atomic E-state index is 13.7. The molecule has 2 aromatic carbocycles. The van der Waals surface area contributed by atoms with Crippen molar-refractivity contribution in [3.05, 3.63) is 90.0 Å². The summed E-state index contributed by atoms with van der Waals surface area (Å²) in [7, 11) is 0. The zero-order valence-electron chi connectivity index (χ0n) is 22.1. The normalized spacial score (nSPS) is 20.2. The van der Waals surface area contributed by atoms with E-state index in [4.69, 9.17) is 4.74 Å². The van der Waals surface area contributed by atoms with Crippen molar-refractivity contribution in [2.24, 2.45) is 17.8 Å². The van der Waals surface area contributed by atoms with Crippen molar-refractivity contribution in [1.82, 2.24) is 15.3 Å². The summed E-state index contributed by atoms with van der Waals surface area (Å²) in [5.41, 5.74) is 1.90. The third-order valence-electron chi connectivity index (χ3n) is 7.90. The Morgan fingerprint density at radius 2 is 1.62 bits per heavy atom. The zero-order valence-corrected chi connectivity index (χ0v) is 22.1. The molecule has 37 heavy (non-hydrogen) atoms. The molecule has 4 atom stereocenters. The van der Waals surface area contributed by atoms with E-state index >= 15 is 0 Å². The van der Waals surface area contributed by atoms with E-state index in [-0.39, 0.29) is 35.7 Å². The lowest BCUT2D eigenvalue weighted by molar-refractivity contribution is -0.152. The van der Waals surface area contributed by atoms with E-state index in [1.54, 1.807) is 13.1 Å². The Balaban J connectivity index is 1.59. The molecule has 0 bridgehead atoms. The molecule has 4 rings (SSSR count). The summed E-state index contributed by atoms with van der Waals surface area (Å²) in [6.07, 6.45) is 7.44. The van der Waals surface area contributed by atoms with Crippen LogP contribution >= 0.6 is 0 Å². The number of H-pyrrole nitrogens is 1. The van der Waals surface area contributed by atoms with Crippen LogP contribution in [0.3, 0.4) is 0 Å². The minimum absolute atomic E-state index is 0.0191. The first-order chi connectivity index (χ1) is 18.0. The fraction of sp³-hybridized carbons (Fsp3) is 0.452. The maximum absolute atomic E-state index is 13.7. The van der Waals surface area contributed by atoms with Gasteiger partial charge in [0.15, 0.2) is 6.10 Å². The van der Waals surface area contributed by atoms with Gasteiger partial charge in [0.1, 0.15) is 5.82 Å². The van der Waals surface area contributed by atoms with Crippen molar-refractivity contribution in [3.8, 4) is 0 Å². The summed E-state index contributed by atoms with van der Waals surface area (Å²) in [4.78, 5) is 33.7. The Kier molecular flexibility index (Phi) is 9.15. The van der Waals surface area contributed by atoms with Gasteiger partial charge in [-0.05, 0) is 42.2 Å². The molecule has 6 nitrogen and oxygen atoms in total. The highest BCUT2D eigenvalue weighted by Crippen LogP contribution is 2.46. The molecular weight excluding hydrogens is 462 g/mol. The topological polar surface area (TPSA) is 84.1 Å². The number of amides is 1. The van der Waals surface area contributed by atoms with E-state index in [2.05, 4.69) is 29.1 Å². The van der Waals surface area contributed by atoms with Crippen LogP contribution in [0.25, 0.3) is 0 Å². The summed E-state index contributed by atoms with van der Waals surface area (Å²) in [5.74, 6) is 1.04. The molecule has 1 aromatic heterocycles. The summed E-state index contributed by atoms with van der Waals surface area (Å²) < 4.78 is 6.25. The largest absolute Gasteiger partial charge is 0.452 e. The van der Waals surface area contributed by atoms with Crippen LogP contribution in [0.15, 0.2) is 73.1 Å². The number of nitrogens with one attached hydrogen (secondary N) is 2. The smallest absolute Gasteiger partial charge is 0.309 e. The highest BCUT2D eigenvalue weighted by atomic mass is 16.5. The first-order valence-electron chi connectivity index (χ1n) is 13.6. The first-order valence-corrected chi connectivity index (χ1v) is 13.6. The number of imidazole rings is 1. The lowest BCUT2D eigenvalue weighted by Gasteiger charge is -2.31. The minimum atomic E-state index is -0.466. The van der Waals surface area contributed by atoms with E-state index in [0.29, 0.717) is 18.8 Å². The third kappa shape index (κ3) is 6.68. The Labute approximate surface area is 220 Å². The molecular formula is C31H39N3O3. The lowest BCUT2D eigenvalue weighted by Crippen LogP contribution is -2.41. The summed E-state index contributed by atoms with van der Waals surface area (Å²) in [6.45, 7) is 5.98. The molecule has 0 aliphatic heterocycles. The number of hydrogen-bond acceptors (Lipinski definition) is 4. The van der Waals surface area contributed by atoms with E-state index in [9.17, 15) is 9.59 Å². The molecule has 1 saturated carbocycles. The van der Waals surface area contributed by atoms with Gasteiger partial charge in [-0.25, -0.2) is 4.98 Å². The van der Waals surface area contributed by atoms with Crippen molar-refractivity contribution < 1.29 is 14.3 Å². The quantitative estimate of drug-likeness (QED) is 0.307. The van der Waals surface area contributed by atoms with Crippen LogP contribution in [0.2, 0.25) is 0 Å². The van der Waals surface area contributed by atoms with E-state index in [1.165, 1.54) is 0 Å². The van der Waals surface area contributed by atoms with Gasteiger partial charge < -0.3 is 15.0 Å². The number of carbonyl (C=O) groups excluding carboxylic acids is 2. The van der Waals surface area contributed by atoms with Gasteiger partial charge in [-0.15, -0.1) is 0 Å². The molecule has 0 saturated heterocycles. The van der Waals surface area contributed by atoms with Crippen molar-refractivity contribution >= 4 is 11.9 Å². The van der Waals surface area contributed by atoms with Crippen molar-refractivity contribution in [3.63, 3.8) is 0 Å². The van der Waals surface area contributed by atoms with Crippen molar-refractivity contribution in [1.29, 1.82) is 0 Å². The first kappa shape index (κ1) is 26.6. The Bertz CT molecular complexity index is 1070. The summed E-state index contributed by atoms with van der Waals surface area (Å²) in [5, 5.41) is 3.23. The van der Waals surface area contributed by atoms with Gasteiger partial charge in [0, 0.05) is 31.3 Å². The average molecular weight is 502 g/mol. The second-order valence-corrected chi connectivity index (χ2v) is 10.3. The molecule has 1 amide bonds. The number of esters is 1. The van der Waals surface area contributed by atoms with Crippen LogP contribution in [-0.4, -0.2) is 27.9 Å². The molecule has 6 heteroatoms. The number of rotatable bonds is 11. The van der Waals surface area contributed by atoms with Crippen LogP contribution in [-0.2, 0) is 14.3 Å². The van der Waals surface area contributed by atoms with Gasteiger partial charge >= 0.3 is 5.97 Å². The second-order valence-electron chi connectivity index (χ2n) is 10.3. The number of aromatic nitrogens is 2. The second kappa shape index (κ2) is 12.7.